The molecule has 14 heavy (non-hydrogen) atoms. The smallest absolute Gasteiger partial charge is 0.237 e. The van der Waals surface area contributed by atoms with Crippen molar-refractivity contribution in [1.29, 1.82) is 0 Å². The van der Waals surface area contributed by atoms with Crippen LogP contribution >= 0.6 is 0 Å². The van der Waals surface area contributed by atoms with Gasteiger partial charge in [0.05, 0.1) is 5.54 Å². The van der Waals surface area contributed by atoms with Crippen LogP contribution in [0.1, 0.15) is 12.5 Å². The molecule has 0 heterocycles. The highest BCUT2D eigenvalue weighted by Crippen LogP contribution is 2.11. The second-order valence-corrected chi connectivity index (χ2v) is 3.58. The van der Waals surface area contributed by atoms with Crippen LogP contribution < -0.4 is 11.5 Å². The summed E-state index contributed by atoms with van der Waals surface area (Å²) in [6.45, 7) is 1.55. The van der Waals surface area contributed by atoms with Gasteiger partial charge in [0.1, 0.15) is 5.82 Å². The van der Waals surface area contributed by atoms with Gasteiger partial charge in [0, 0.05) is 0 Å². The Labute approximate surface area is 81.9 Å². The highest BCUT2D eigenvalue weighted by molar-refractivity contribution is 5.84. The van der Waals surface area contributed by atoms with Crippen molar-refractivity contribution in [3.63, 3.8) is 0 Å². The van der Waals surface area contributed by atoms with Gasteiger partial charge >= 0.3 is 0 Å². The summed E-state index contributed by atoms with van der Waals surface area (Å²) in [7, 11) is 0. The van der Waals surface area contributed by atoms with Crippen LogP contribution in [0.5, 0.6) is 0 Å². The molecule has 1 rings (SSSR count). The second kappa shape index (κ2) is 3.75. The van der Waals surface area contributed by atoms with Crippen LogP contribution in [0.4, 0.5) is 4.39 Å². The number of carbonyl (C=O) groups excluding carboxylic acids is 1. The van der Waals surface area contributed by atoms with Gasteiger partial charge in [-0.25, -0.2) is 4.39 Å². The molecule has 0 radical (unpaired) electrons. The number of halogens is 1. The van der Waals surface area contributed by atoms with Gasteiger partial charge in [0.25, 0.3) is 0 Å². The first-order valence-corrected chi connectivity index (χ1v) is 4.25. The zero-order valence-corrected chi connectivity index (χ0v) is 7.96. The van der Waals surface area contributed by atoms with Gasteiger partial charge in [0.2, 0.25) is 5.91 Å². The third-order valence-electron chi connectivity index (χ3n) is 2.05. The normalized spacial score (nSPS) is 14.8. The predicted molar refractivity (Wildman–Crippen MR) is 51.9 cm³/mol. The maximum atomic E-state index is 12.6. The van der Waals surface area contributed by atoms with Gasteiger partial charge < -0.3 is 11.5 Å². The van der Waals surface area contributed by atoms with Gasteiger partial charge in [-0.05, 0) is 31.0 Å². The van der Waals surface area contributed by atoms with Crippen LogP contribution in [0.2, 0.25) is 0 Å². The van der Waals surface area contributed by atoms with Crippen molar-refractivity contribution in [2.45, 2.75) is 18.9 Å². The fourth-order valence-electron chi connectivity index (χ4n) is 1.11. The van der Waals surface area contributed by atoms with E-state index < -0.39 is 11.4 Å². The second-order valence-electron chi connectivity index (χ2n) is 3.58. The van der Waals surface area contributed by atoms with Gasteiger partial charge in [-0.2, -0.15) is 0 Å². The van der Waals surface area contributed by atoms with E-state index in [2.05, 4.69) is 0 Å². The molecular formula is C10H13FN2O. The summed E-state index contributed by atoms with van der Waals surface area (Å²) in [4.78, 5) is 10.9. The first-order chi connectivity index (χ1) is 6.42. The van der Waals surface area contributed by atoms with Crippen molar-refractivity contribution in [1.82, 2.24) is 0 Å². The van der Waals surface area contributed by atoms with Crippen molar-refractivity contribution in [3.8, 4) is 0 Å². The Morgan fingerprint density at radius 1 is 1.43 bits per heavy atom. The number of rotatable bonds is 3. The number of benzene rings is 1. The van der Waals surface area contributed by atoms with Crippen molar-refractivity contribution >= 4 is 5.91 Å². The first kappa shape index (κ1) is 10.7. The van der Waals surface area contributed by atoms with Crippen LogP contribution in [-0.4, -0.2) is 11.4 Å². The summed E-state index contributed by atoms with van der Waals surface area (Å²) in [6, 6.07) is 5.82. The number of hydrogen-bond acceptors (Lipinski definition) is 2. The molecule has 1 aromatic rings. The maximum Gasteiger partial charge on any atom is 0.237 e. The molecule has 0 aliphatic rings. The maximum absolute atomic E-state index is 12.6. The van der Waals surface area contributed by atoms with Crippen LogP contribution in [0.3, 0.4) is 0 Å². The molecule has 0 saturated heterocycles. The molecule has 4 N–H and O–H groups in total. The molecule has 0 aromatic heterocycles. The summed E-state index contributed by atoms with van der Waals surface area (Å²) >= 11 is 0. The Balaban J connectivity index is 2.79. The lowest BCUT2D eigenvalue weighted by molar-refractivity contribution is -0.122. The zero-order chi connectivity index (χ0) is 10.8. The molecule has 1 unspecified atom stereocenters. The Kier molecular flexibility index (Phi) is 2.86. The quantitative estimate of drug-likeness (QED) is 0.742. The molecule has 0 saturated carbocycles. The highest BCUT2D eigenvalue weighted by Gasteiger charge is 2.25. The lowest BCUT2D eigenvalue weighted by Crippen LogP contribution is -2.51. The van der Waals surface area contributed by atoms with E-state index in [0.717, 1.165) is 5.56 Å². The fourth-order valence-corrected chi connectivity index (χ4v) is 1.11. The van der Waals surface area contributed by atoms with E-state index in [1.54, 1.807) is 19.1 Å². The molecular weight excluding hydrogens is 183 g/mol. The largest absolute Gasteiger partial charge is 0.368 e. The average Bonchev–Trinajstić information content (AvgIpc) is 2.08. The molecule has 0 spiro atoms. The van der Waals surface area contributed by atoms with Crippen molar-refractivity contribution in [3.05, 3.63) is 35.6 Å². The van der Waals surface area contributed by atoms with Crippen molar-refractivity contribution < 1.29 is 9.18 Å². The highest BCUT2D eigenvalue weighted by atomic mass is 19.1. The predicted octanol–water partition coefficient (Wildman–Crippen LogP) is 0.571. The molecule has 0 aliphatic heterocycles. The van der Waals surface area contributed by atoms with E-state index in [1.807, 2.05) is 0 Å². The molecule has 1 amide bonds. The first-order valence-electron chi connectivity index (χ1n) is 4.25. The lowest BCUT2D eigenvalue weighted by Gasteiger charge is -2.20. The molecule has 0 fully saturated rings. The number of carbonyl (C=O) groups is 1. The SMILES string of the molecule is CC(N)(Cc1ccc(F)cc1)C(N)=O. The van der Waals surface area contributed by atoms with E-state index in [-0.39, 0.29) is 5.82 Å². The minimum absolute atomic E-state index is 0.308. The Bertz CT molecular complexity index is 332. The van der Waals surface area contributed by atoms with E-state index >= 15 is 0 Å². The van der Waals surface area contributed by atoms with Crippen LogP contribution in [-0.2, 0) is 11.2 Å². The monoisotopic (exact) mass is 196 g/mol. The number of hydrogen-bond donors (Lipinski definition) is 2. The number of nitrogens with two attached hydrogens (primary N) is 2. The molecule has 0 bridgehead atoms. The fraction of sp³-hybridized carbons (Fsp3) is 0.300. The Hall–Kier alpha value is -1.42. The molecule has 4 heteroatoms. The third-order valence-corrected chi connectivity index (χ3v) is 2.05. The van der Waals surface area contributed by atoms with Crippen molar-refractivity contribution in [2.75, 3.05) is 0 Å². The third kappa shape index (κ3) is 2.53. The van der Waals surface area contributed by atoms with Gasteiger partial charge in [-0.1, -0.05) is 12.1 Å². The van der Waals surface area contributed by atoms with E-state index in [0.29, 0.717) is 6.42 Å². The van der Waals surface area contributed by atoms with E-state index in [1.165, 1.54) is 12.1 Å². The zero-order valence-electron chi connectivity index (χ0n) is 7.96. The van der Waals surface area contributed by atoms with E-state index in [4.69, 9.17) is 11.5 Å². The molecule has 3 nitrogen and oxygen atoms in total. The minimum atomic E-state index is -1.09. The Morgan fingerprint density at radius 2 is 1.93 bits per heavy atom. The number of primary amides is 1. The summed E-state index contributed by atoms with van der Waals surface area (Å²) in [5.41, 5.74) is 10.5. The van der Waals surface area contributed by atoms with Gasteiger partial charge in [-0.15, -0.1) is 0 Å². The number of amides is 1. The van der Waals surface area contributed by atoms with Crippen LogP contribution in [0.15, 0.2) is 24.3 Å². The molecule has 1 atom stereocenters. The van der Waals surface area contributed by atoms with Gasteiger partial charge in [-0.3, -0.25) is 4.79 Å². The van der Waals surface area contributed by atoms with Crippen LogP contribution in [0, 0.1) is 5.82 Å². The lowest BCUT2D eigenvalue weighted by atomic mass is 9.93. The summed E-state index contributed by atoms with van der Waals surface area (Å²) in [5.74, 6) is -0.881. The average molecular weight is 196 g/mol. The molecule has 0 aliphatic carbocycles. The summed E-state index contributed by atoms with van der Waals surface area (Å²) < 4.78 is 12.6. The Morgan fingerprint density at radius 3 is 2.36 bits per heavy atom. The topological polar surface area (TPSA) is 69.1 Å². The summed E-state index contributed by atoms with van der Waals surface area (Å²) in [5, 5.41) is 0. The molecule has 76 valence electrons. The standard InChI is InChI=1S/C10H13FN2O/c1-10(13,9(12)14)6-7-2-4-8(11)5-3-7/h2-5H,6,13H2,1H3,(H2,12,14). The minimum Gasteiger partial charge on any atom is -0.368 e. The van der Waals surface area contributed by atoms with Crippen molar-refractivity contribution in [2.24, 2.45) is 11.5 Å². The molecule has 1 aromatic carbocycles. The van der Waals surface area contributed by atoms with Crippen LogP contribution in [0.25, 0.3) is 0 Å². The van der Waals surface area contributed by atoms with Gasteiger partial charge in [0.15, 0.2) is 0 Å². The van der Waals surface area contributed by atoms with E-state index in [9.17, 15) is 9.18 Å². The summed E-state index contributed by atoms with van der Waals surface area (Å²) in [6.07, 6.45) is 0.308.